The molecule has 0 aliphatic carbocycles. The lowest BCUT2D eigenvalue weighted by Gasteiger charge is -2.07. The van der Waals surface area contributed by atoms with Crippen molar-refractivity contribution in [1.29, 1.82) is 0 Å². The number of nitro groups is 1. The van der Waals surface area contributed by atoms with E-state index in [-0.39, 0.29) is 11.8 Å². The number of halogens is 1. The zero-order valence-corrected chi connectivity index (χ0v) is 10.3. The maximum Gasteiger partial charge on any atom is 0.270 e. The number of hydrogen-bond acceptors (Lipinski definition) is 3. The van der Waals surface area contributed by atoms with Gasteiger partial charge in [0.25, 0.3) is 5.69 Å². The molecule has 0 spiro atoms. The third-order valence-corrected chi connectivity index (χ3v) is 2.80. The molecule has 0 N–H and O–H groups in total. The van der Waals surface area contributed by atoms with Crippen LogP contribution in [0.25, 0.3) is 11.1 Å². The second kappa shape index (κ2) is 5.57. The van der Waals surface area contributed by atoms with Crippen molar-refractivity contribution in [1.82, 2.24) is 11.1 Å². The molecule has 18 heavy (non-hydrogen) atoms. The fourth-order valence-electron chi connectivity index (χ4n) is 1.61. The molecule has 2 aromatic rings. The molecule has 0 amide bonds. The minimum absolute atomic E-state index is 0. The third-order valence-electron chi connectivity index (χ3n) is 2.49. The molecule has 1 aromatic heterocycles. The van der Waals surface area contributed by atoms with Gasteiger partial charge in [0.05, 0.1) is 9.95 Å². The van der Waals surface area contributed by atoms with Crippen molar-refractivity contribution >= 4 is 17.3 Å². The van der Waals surface area contributed by atoms with E-state index in [9.17, 15) is 10.1 Å². The molecular weight excluding hydrogens is 254 g/mol. The number of hydrogen-bond donors (Lipinski definition) is 0. The zero-order chi connectivity index (χ0) is 12.4. The van der Waals surface area contributed by atoms with Crippen molar-refractivity contribution in [3.63, 3.8) is 0 Å². The molecule has 0 atom stereocenters. The fraction of sp³-hybridized carbons (Fsp3) is 0.0833. The molecule has 6 heteroatoms. The van der Waals surface area contributed by atoms with Crippen LogP contribution in [0.15, 0.2) is 36.7 Å². The average Bonchev–Trinajstić information content (AvgIpc) is 2.30. The Morgan fingerprint density at radius 1 is 1.28 bits per heavy atom. The molecule has 0 fully saturated rings. The van der Waals surface area contributed by atoms with E-state index in [0.29, 0.717) is 5.02 Å². The highest BCUT2D eigenvalue weighted by Crippen LogP contribution is 2.31. The molecular formula is C12H9ClN3O2. The maximum atomic E-state index is 10.7. The molecule has 0 saturated carbocycles. The number of nitro benzene ring substituents is 1. The van der Waals surface area contributed by atoms with Gasteiger partial charge in [-0.25, -0.2) is 0 Å². The van der Waals surface area contributed by atoms with E-state index < -0.39 is 4.92 Å². The van der Waals surface area contributed by atoms with Crippen LogP contribution in [-0.2, 0) is 0 Å². The summed E-state index contributed by atoms with van der Waals surface area (Å²) in [4.78, 5) is 14.2. The number of aromatic nitrogens is 1. The SMILES string of the molecule is Cc1ccc([N+](=O)[O-])cc1-c1ccncc1Cl.[N]. The van der Waals surface area contributed by atoms with Crippen molar-refractivity contribution in [2.24, 2.45) is 0 Å². The summed E-state index contributed by atoms with van der Waals surface area (Å²) < 4.78 is 0. The van der Waals surface area contributed by atoms with Crippen LogP contribution in [0.1, 0.15) is 5.56 Å². The Bertz CT molecular complexity index is 587. The summed E-state index contributed by atoms with van der Waals surface area (Å²) in [5, 5.41) is 11.2. The molecule has 0 aliphatic rings. The lowest BCUT2D eigenvalue weighted by Crippen LogP contribution is -1.91. The molecule has 0 bridgehead atoms. The Balaban J connectivity index is 0.00000162. The van der Waals surface area contributed by atoms with Gasteiger partial charge in [-0.2, -0.15) is 0 Å². The highest BCUT2D eigenvalue weighted by molar-refractivity contribution is 6.33. The van der Waals surface area contributed by atoms with Crippen molar-refractivity contribution in [3.05, 3.63) is 57.4 Å². The van der Waals surface area contributed by atoms with E-state index in [4.69, 9.17) is 11.6 Å². The summed E-state index contributed by atoms with van der Waals surface area (Å²) in [6.07, 6.45) is 3.13. The molecule has 0 aliphatic heterocycles. The lowest BCUT2D eigenvalue weighted by atomic mass is 10.0. The number of pyridine rings is 1. The van der Waals surface area contributed by atoms with Crippen molar-refractivity contribution < 1.29 is 4.92 Å². The van der Waals surface area contributed by atoms with Gasteiger partial charge in [0, 0.05) is 36.2 Å². The molecule has 1 aromatic carbocycles. The van der Waals surface area contributed by atoms with Crippen molar-refractivity contribution in [2.45, 2.75) is 6.92 Å². The smallest absolute Gasteiger partial charge is 0.263 e. The lowest BCUT2D eigenvalue weighted by molar-refractivity contribution is -0.384. The summed E-state index contributed by atoms with van der Waals surface area (Å²) in [6.45, 7) is 1.88. The second-order valence-corrected chi connectivity index (χ2v) is 4.02. The van der Waals surface area contributed by atoms with E-state index in [2.05, 4.69) is 4.98 Å². The predicted molar refractivity (Wildman–Crippen MR) is 68.2 cm³/mol. The summed E-state index contributed by atoms with van der Waals surface area (Å²) >= 11 is 6.03. The Morgan fingerprint density at radius 2 is 2.00 bits per heavy atom. The average molecular weight is 263 g/mol. The van der Waals surface area contributed by atoms with Gasteiger partial charge in [0.1, 0.15) is 0 Å². The number of nitrogens with zero attached hydrogens (tertiary/aromatic N) is 3. The summed E-state index contributed by atoms with van der Waals surface area (Å²) in [7, 11) is 0. The van der Waals surface area contributed by atoms with E-state index in [0.717, 1.165) is 16.7 Å². The minimum atomic E-state index is -0.419. The first kappa shape index (κ1) is 14.1. The first-order valence-electron chi connectivity index (χ1n) is 4.94. The summed E-state index contributed by atoms with van der Waals surface area (Å²) in [5.41, 5.74) is 2.50. The maximum absolute atomic E-state index is 10.7. The van der Waals surface area contributed by atoms with Gasteiger partial charge in [-0.05, 0) is 24.1 Å². The number of non-ortho nitro benzene ring substituents is 1. The second-order valence-electron chi connectivity index (χ2n) is 3.61. The summed E-state index contributed by atoms with van der Waals surface area (Å²) in [6, 6.07) is 6.46. The standard InChI is InChI=1S/C12H9ClN2O2.N/c1-8-2-3-9(15(16)17)6-11(8)10-4-5-14-7-12(10)13;/h2-7H,1H3;. The number of rotatable bonds is 2. The highest BCUT2D eigenvalue weighted by Gasteiger charge is 2.12. The molecule has 0 saturated heterocycles. The van der Waals surface area contributed by atoms with Crippen LogP contribution in [0.3, 0.4) is 0 Å². The molecule has 1 heterocycles. The third kappa shape index (κ3) is 2.64. The van der Waals surface area contributed by atoms with Crippen LogP contribution in [-0.4, -0.2) is 9.91 Å². The largest absolute Gasteiger partial charge is 0.270 e. The Morgan fingerprint density at radius 3 is 2.61 bits per heavy atom. The zero-order valence-electron chi connectivity index (χ0n) is 9.50. The normalized spacial score (nSPS) is 9.67. The topological polar surface area (TPSA) is 86.5 Å². The van der Waals surface area contributed by atoms with E-state index in [1.165, 1.54) is 18.3 Å². The molecule has 3 radical (unpaired) electrons. The quantitative estimate of drug-likeness (QED) is 0.615. The van der Waals surface area contributed by atoms with Gasteiger partial charge in [0.2, 0.25) is 0 Å². The monoisotopic (exact) mass is 262 g/mol. The number of benzene rings is 1. The van der Waals surface area contributed by atoms with Gasteiger partial charge >= 0.3 is 0 Å². The van der Waals surface area contributed by atoms with Crippen LogP contribution in [0.4, 0.5) is 5.69 Å². The van der Waals surface area contributed by atoms with Gasteiger partial charge in [-0.15, -0.1) is 0 Å². The van der Waals surface area contributed by atoms with Crippen molar-refractivity contribution in [3.8, 4) is 11.1 Å². The Hall–Kier alpha value is -1.98. The van der Waals surface area contributed by atoms with Gasteiger partial charge in [-0.3, -0.25) is 15.1 Å². The molecule has 91 valence electrons. The fourth-order valence-corrected chi connectivity index (χ4v) is 1.83. The van der Waals surface area contributed by atoms with Gasteiger partial charge in [0.15, 0.2) is 0 Å². The first-order chi connectivity index (χ1) is 8.09. The van der Waals surface area contributed by atoms with E-state index in [1.807, 2.05) is 6.92 Å². The Labute approximate surface area is 109 Å². The molecule has 5 nitrogen and oxygen atoms in total. The summed E-state index contributed by atoms with van der Waals surface area (Å²) in [5.74, 6) is 0. The predicted octanol–water partition coefficient (Wildman–Crippen LogP) is 3.14. The first-order valence-corrected chi connectivity index (χ1v) is 5.32. The van der Waals surface area contributed by atoms with Crippen LogP contribution >= 0.6 is 11.6 Å². The van der Waals surface area contributed by atoms with Crippen LogP contribution in [0.2, 0.25) is 5.02 Å². The van der Waals surface area contributed by atoms with Crippen LogP contribution < -0.4 is 6.15 Å². The van der Waals surface area contributed by atoms with Crippen LogP contribution in [0, 0.1) is 17.0 Å². The van der Waals surface area contributed by atoms with Gasteiger partial charge < -0.3 is 0 Å². The molecule has 0 unspecified atom stereocenters. The Kier molecular flexibility index (Phi) is 4.36. The van der Waals surface area contributed by atoms with Gasteiger partial charge in [-0.1, -0.05) is 17.7 Å². The van der Waals surface area contributed by atoms with E-state index in [1.54, 1.807) is 18.3 Å². The number of aryl methyl sites for hydroxylation is 1. The molecule has 2 rings (SSSR count). The van der Waals surface area contributed by atoms with E-state index >= 15 is 0 Å². The highest BCUT2D eigenvalue weighted by atomic mass is 35.5. The minimum Gasteiger partial charge on any atom is -0.263 e. The van der Waals surface area contributed by atoms with Crippen molar-refractivity contribution in [2.75, 3.05) is 0 Å². The van der Waals surface area contributed by atoms with Crippen LogP contribution in [0.5, 0.6) is 0 Å².